The van der Waals surface area contributed by atoms with Crippen molar-refractivity contribution in [3.63, 3.8) is 0 Å². The molecule has 0 aliphatic heterocycles. The van der Waals surface area contributed by atoms with Gasteiger partial charge in [0.25, 0.3) is 0 Å². The monoisotopic (exact) mass is 459 g/mol. The summed E-state index contributed by atoms with van der Waals surface area (Å²) in [6.45, 7) is 0. The van der Waals surface area contributed by atoms with Gasteiger partial charge in [-0.15, -0.1) is 24.0 Å². The van der Waals surface area contributed by atoms with Crippen LogP contribution in [0.1, 0.15) is 2.85 Å². The smallest absolute Gasteiger partial charge is 0 e. The van der Waals surface area contributed by atoms with Crippen LogP contribution in [-0.4, -0.2) is 72.1 Å². The number of rotatable bonds is 0. The summed E-state index contributed by atoms with van der Waals surface area (Å²) in [5, 5.41) is 0. The fraction of sp³-hybridized carbons (Fsp3) is 1.00. The van der Waals surface area contributed by atoms with Crippen molar-refractivity contribution in [2.24, 2.45) is 5.73 Å². The molecule has 0 unspecified atom stereocenters. The van der Waals surface area contributed by atoms with Gasteiger partial charge in [-0.1, -0.05) is 0 Å². The van der Waals surface area contributed by atoms with E-state index < -0.39 is 0 Å². The third-order valence-electron chi connectivity index (χ3n) is 0. The third kappa shape index (κ3) is 25.6. The minimum atomic E-state index is 0. The molecule has 0 spiro atoms. The van der Waals surface area contributed by atoms with Gasteiger partial charge in [0, 0.05) is 21.7 Å². The van der Waals surface area contributed by atoms with Crippen molar-refractivity contribution < 1.29 is 24.6 Å². The first-order valence-electron chi connectivity index (χ1n) is 0.577. The van der Waals surface area contributed by atoms with Crippen LogP contribution in [0.2, 0.25) is 0 Å². The van der Waals surface area contributed by atoms with E-state index >= 15 is 0 Å². The van der Waals surface area contributed by atoms with Gasteiger partial charge in [-0.25, -0.2) is 0 Å². The molecule has 0 bridgehead atoms. The predicted octanol–water partition coefficient (Wildman–Crippen LogP) is -0.882. The molecule has 0 aliphatic carbocycles. The van der Waals surface area contributed by atoms with Crippen molar-refractivity contribution in [2.75, 3.05) is 7.05 Å². The van der Waals surface area contributed by atoms with Crippen LogP contribution in [0.25, 0.3) is 0 Å². The summed E-state index contributed by atoms with van der Waals surface area (Å²) < 4.78 is 0. The zero-order valence-corrected chi connectivity index (χ0v) is 15.5. The molecule has 0 heterocycles. The van der Waals surface area contributed by atoms with E-state index in [0.717, 1.165) is 0 Å². The van der Waals surface area contributed by atoms with Crippen molar-refractivity contribution >= 4 is 89.0 Å². The molecule has 0 aliphatic rings. The van der Waals surface area contributed by atoms with Gasteiger partial charge in [0.15, 0.2) is 0 Å². The van der Waals surface area contributed by atoms with E-state index in [2.05, 4.69) is 5.73 Å². The van der Waals surface area contributed by atoms with E-state index in [0.29, 0.717) is 0 Å². The molecule has 0 aromatic rings. The molecule has 36 valence electrons. The summed E-state index contributed by atoms with van der Waals surface area (Å²) in [5.41, 5.74) is 4.50. The van der Waals surface area contributed by atoms with Crippen LogP contribution in [0.4, 0.5) is 0 Å². The fourth-order valence-electron chi connectivity index (χ4n) is 0. The zero-order chi connectivity index (χ0) is 2.00. The number of halogens is 1. The molecular weight excluding hydrogens is 448 g/mol. The molecule has 0 amide bonds. The Kier molecular flexibility index (Phi) is 215. The molecular formula is CH10CaINPbTi. The second-order valence-electron chi connectivity index (χ2n) is 0. The van der Waals surface area contributed by atoms with E-state index in [-0.39, 0.29) is 114 Å². The average Bonchev–Trinajstić information content (AvgIpc) is 1.00. The number of nitrogens with two attached hydrogens (primary N) is 1. The average molecular weight is 458 g/mol. The maximum Gasteiger partial charge on any atom is 0 e. The predicted molar refractivity (Wildman–Crippen MR) is 42.0 cm³/mol. The second-order valence-corrected chi connectivity index (χ2v) is 0. The molecule has 0 rings (SSSR count). The van der Waals surface area contributed by atoms with Gasteiger partial charge in [0.05, 0.1) is 0 Å². The number of hydrogen-bond acceptors (Lipinski definition) is 1. The molecule has 0 saturated carbocycles. The summed E-state index contributed by atoms with van der Waals surface area (Å²) >= 11 is 0. The summed E-state index contributed by atoms with van der Waals surface area (Å²) in [5.74, 6) is 0. The minimum absolute atomic E-state index is 0. The van der Waals surface area contributed by atoms with Crippen LogP contribution in [0.5, 0.6) is 0 Å². The van der Waals surface area contributed by atoms with Crippen LogP contribution in [0.15, 0.2) is 0 Å². The molecule has 0 atom stereocenters. The first kappa shape index (κ1) is 33.6. The van der Waals surface area contributed by atoms with Crippen molar-refractivity contribution in [2.45, 2.75) is 0 Å². The van der Waals surface area contributed by atoms with E-state index in [1.807, 2.05) is 0 Å². The molecule has 6 heavy (non-hydrogen) atoms. The Bertz CT molecular complexity index is 22.0. The Hall–Kier alpha value is 3.59. The van der Waals surface area contributed by atoms with Crippen molar-refractivity contribution in [1.29, 1.82) is 0 Å². The van der Waals surface area contributed by atoms with Crippen LogP contribution >= 0.6 is 24.0 Å². The largest absolute Gasteiger partial charge is 0 e. The second kappa shape index (κ2) is 38.4. The van der Waals surface area contributed by atoms with E-state index in [4.69, 9.17) is 0 Å². The Morgan fingerprint density at radius 1 is 1.33 bits per heavy atom. The van der Waals surface area contributed by atoms with Crippen molar-refractivity contribution in [3.8, 4) is 0 Å². The van der Waals surface area contributed by atoms with Gasteiger partial charge in [0.2, 0.25) is 0 Å². The number of hydrogen-bond donors (Lipinski definition) is 1. The standard InChI is InChI=1S/CH5N.Ca.HI.Pb.Ti.4H/c1-2;;;;;;;;/h2H2,1H3;;1H;;;;;;/q;+2;;;;;;2*-1. The van der Waals surface area contributed by atoms with Gasteiger partial charge >= 0.3 is 65.0 Å². The van der Waals surface area contributed by atoms with Gasteiger partial charge < -0.3 is 8.59 Å². The first-order chi connectivity index (χ1) is 1.00. The van der Waals surface area contributed by atoms with Crippen LogP contribution in [-0.2, 0) is 21.7 Å². The Balaban J connectivity index is -0.000000000333. The quantitative estimate of drug-likeness (QED) is 0.371. The third-order valence-corrected chi connectivity index (χ3v) is 0. The summed E-state index contributed by atoms with van der Waals surface area (Å²) in [6, 6.07) is 0. The fourth-order valence-corrected chi connectivity index (χ4v) is 0. The van der Waals surface area contributed by atoms with Gasteiger partial charge in [-0.3, -0.25) is 0 Å². The van der Waals surface area contributed by atoms with E-state index in [9.17, 15) is 0 Å². The minimum Gasteiger partial charge on any atom is 0 e. The molecule has 2 radical (unpaired) electrons. The molecule has 0 saturated heterocycles. The zero-order valence-electron chi connectivity index (χ0n) is 5.90. The Morgan fingerprint density at radius 2 is 1.33 bits per heavy atom. The summed E-state index contributed by atoms with van der Waals surface area (Å²) in [6.07, 6.45) is 0. The van der Waals surface area contributed by atoms with Crippen LogP contribution in [0.3, 0.4) is 0 Å². The molecule has 5 heteroatoms. The molecule has 2 N–H and O–H groups in total. The molecule has 0 aromatic heterocycles. The van der Waals surface area contributed by atoms with Crippen molar-refractivity contribution in [3.05, 3.63) is 0 Å². The topological polar surface area (TPSA) is 26.0 Å². The van der Waals surface area contributed by atoms with Crippen LogP contribution < -0.4 is 5.73 Å². The summed E-state index contributed by atoms with van der Waals surface area (Å²) in [4.78, 5) is 0. The summed E-state index contributed by atoms with van der Waals surface area (Å²) in [7, 11) is 1.50. The normalized spacial score (nSPS) is 1.00. The molecule has 0 aromatic carbocycles. The molecule has 1 nitrogen and oxygen atoms in total. The SMILES string of the molecule is CN.I.[Ca+2].[H-].[H-].[PbH2].[Ti]. The Labute approximate surface area is 124 Å². The van der Waals surface area contributed by atoms with Crippen molar-refractivity contribution in [1.82, 2.24) is 0 Å². The molecule has 0 fully saturated rings. The van der Waals surface area contributed by atoms with E-state index in [1.165, 1.54) is 7.05 Å². The van der Waals surface area contributed by atoms with Gasteiger partial charge in [-0.2, -0.15) is 0 Å². The van der Waals surface area contributed by atoms with Crippen LogP contribution in [0, 0.1) is 0 Å². The Morgan fingerprint density at radius 3 is 1.33 bits per heavy atom. The van der Waals surface area contributed by atoms with Gasteiger partial charge in [-0.05, 0) is 7.05 Å². The van der Waals surface area contributed by atoms with Gasteiger partial charge in [0.1, 0.15) is 0 Å². The van der Waals surface area contributed by atoms with E-state index in [1.54, 1.807) is 0 Å². The maximum absolute atomic E-state index is 4.50. The first-order valence-corrected chi connectivity index (χ1v) is 0.577. The maximum atomic E-state index is 4.50.